The molecule has 0 saturated heterocycles. The van der Waals surface area contributed by atoms with Gasteiger partial charge in [-0.15, -0.1) is 0 Å². The second kappa shape index (κ2) is 80.0. The third-order valence-electron chi connectivity index (χ3n) is 15.9. The summed E-state index contributed by atoms with van der Waals surface area (Å²) in [6, 6.07) is 0. The Hall–Kier alpha value is -5.26. The molecule has 5 heteroatoms. The molecule has 0 heterocycles. The maximum absolute atomic E-state index is 12.4. The van der Waals surface area contributed by atoms with Crippen LogP contribution in [0.4, 0.5) is 0 Å². The molecule has 0 aliphatic heterocycles. The number of carbonyl (C=O) groups is 2. The van der Waals surface area contributed by atoms with Crippen LogP contribution < -0.4 is 0 Å². The van der Waals surface area contributed by atoms with E-state index in [9.17, 15) is 14.7 Å². The van der Waals surface area contributed by atoms with Crippen molar-refractivity contribution in [3.63, 3.8) is 0 Å². The number of aliphatic hydroxyl groups is 1. The number of unbranched alkanes of at least 4 members (excludes halogenated alkanes) is 28. The van der Waals surface area contributed by atoms with Gasteiger partial charge in [0.1, 0.15) is 6.61 Å². The first-order valence-electron chi connectivity index (χ1n) is 38.0. The Labute approximate surface area is 568 Å². The van der Waals surface area contributed by atoms with Gasteiger partial charge in [-0.3, -0.25) is 9.59 Å². The summed E-state index contributed by atoms with van der Waals surface area (Å²) in [7, 11) is 0. The number of aliphatic hydroxyl groups excluding tert-OH is 1. The van der Waals surface area contributed by atoms with Crippen LogP contribution in [0, 0.1) is 0 Å². The topological polar surface area (TPSA) is 72.8 Å². The third kappa shape index (κ3) is 77.2. The predicted octanol–water partition coefficient (Wildman–Crippen LogP) is 27.1. The first-order chi connectivity index (χ1) is 45.6. The zero-order valence-electron chi connectivity index (χ0n) is 59.5. The second-order valence-electron chi connectivity index (χ2n) is 24.6. The van der Waals surface area contributed by atoms with Crippen molar-refractivity contribution >= 4 is 11.9 Å². The molecule has 0 aromatic heterocycles. The molecule has 0 aromatic carbocycles. The Balaban J connectivity index is 3.52. The summed E-state index contributed by atoms with van der Waals surface area (Å²) in [6.45, 7) is 3.92. The van der Waals surface area contributed by atoms with E-state index in [2.05, 4.69) is 208 Å². The highest BCUT2D eigenvalue weighted by atomic mass is 16.6. The molecule has 5 nitrogen and oxygen atoms in total. The summed E-state index contributed by atoms with van der Waals surface area (Å²) in [5.74, 6) is -0.593. The highest BCUT2D eigenvalue weighted by Crippen LogP contribution is 2.17. The highest BCUT2D eigenvalue weighted by Gasteiger charge is 2.16. The first-order valence-corrected chi connectivity index (χ1v) is 38.0. The normalized spacial score (nSPS) is 13.4. The number of rotatable bonds is 68. The fourth-order valence-corrected chi connectivity index (χ4v) is 10.3. The van der Waals surface area contributed by atoms with Crippen molar-refractivity contribution < 1.29 is 24.2 Å². The minimum Gasteiger partial charge on any atom is -0.462 e. The van der Waals surface area contributed by atoms with Crippen LogP contribution >= 0.6 is 0 Å². The van der Waals surface area contributed by atoms with Gasteiger partial charge in [0, 0.05) is 12.8 Å². The Morgan fingerprint density at radius 2 is 0.435 bits per heavy atom. The lowest BCUT2D eigenvalue weighted by Crippen LogP contribution is -2.28. The molecule has 0 amide bonds. The molecule has 92 heavy (non-hydrogen) atoms. The molecule has 0 aromatic rings. The zero-order valence-corrected chi connectivity index (χ0v) is 59.5. The minimum absolute atomic E-state index is 0.0743. The van der Waals surface area contributed by atoms with E-state index in [1.807, 2.05) is 0 Å². The van der Waals surface area contributed by atoms with E-state index in [1.54, 1.807) is 0 Å². The van der Waals surface area contributed by atoms with Gasteiger partial charge < -0.3 is 14.6 Å². The summed E-state index contributed by atoms with van der Waals surface area (Å²) in [5, 5.41) is 9.72. The van der Waals surface area contributed by atoms with Gasteiger partial charge in [-0.05, 0) is 141 Å². The minimum atomic E-state index is -0.786. The van der Waals surface area contributed by atoms with Crippen molar-refractivity contribution in [2.24, 2.45) is 0 Å². The summed E-state index contributed by atoms with van der Waals surface area (Å²) in [5.41, 5.74) is 0. The van der Waals surface area contributed by atoms with Crippen LogP contribution in [0.1, 0.15) is 322 Å². The first kappa shape index (κ1) is 86.7. The molecular weight excluding hydrogens is 1120 g/mol. The zero-order chi connectivity index (χ0) is 66.1. The molecule has 0 bridgehead atoms. The molecular formula is C87H140O5. The van der Waals surface area contributed by atoms with E-state index in [4.69, 9.17) is 9.47 Å². The van der Waals surface area contributed by atoms with Crippen molar-refractivity contribution in [1.29, 1.82) is 0 Å². The van der Waals surface area contributed by atoms with E-state index in [0.717, 1.165) is 141 Å². The van der Waals surface area contributed by atoms with E-state index in [-0.39, 0.29) is 25.2 Å². The molecule has 1 unspecified atom stereocenters. The lowest BCUT2D eigenvalue weighted by atomic mass is 10.0. The average Bonchev–Trinajstić information content (AvgIpc) is 3.64. The van der Waals surface area contributed by atoms with Crippen molar-refractivity contribution in [2.75, 3.05) is 13.2 Å². The average molecular weight is 1270 g/mol. The molecule has 0 saturated carbocycles. The molecule has 518 valence electrons. The number of esters is 2. The van der Waals surface area contributed by atoms with Gasteiger partial charge in [-0.25, -0.2) is 0 Å². The van der Waals surface area contributed by atoms with Crippen molar-refractivity contribution in [1.82, 2.24) is 0 Å². The fraction of sp³-hybridized carbons (Fsp3) is 0.609. The smallest absolute Gasteiger partial charge is 0.306 e. The van der Waals surface area contributed by atoms with Crippen LogP contribution in [0.3, 0.4) is 0 Å². The fourth-order valence-electron chi connectivity index (χ4n) is 10.3. The Kier molecular flexibility index (Phi) is 75.4. The summed E-state index contributed by atoms with van der Waals surface area (Å²) in [6.07, 6.45) is 126. The number of ether oxygens (including phenoxy) is 2. The number of allylic oxidation sites excluding steroid dienone is 32. The van der Waals surface area contributed by atoms with Gasteiger partial charge in [0.15, 0.2) is 6.10 Å². The van der Waals surface area contributed by atoms with Gasteiger partial charge in [0.25, 0.3) is 0 Å². The van der Waals surface area contributed by atoms with Crippen LogP contribution in [0.2, 0.25) is 0 Å². The Morgan fingerprint density at radius 1 is 0.250 bits per heavy atom. The third-order valence-corrected chi connectivity index (χ3v) is 15.9. The second-order valence-corrected chi connectivity index (χ2v) is 24.6. The number of hydrogen-bond acceptors (Lipinski definition) is 5. The van der Waals surface area contributed by atoms with Gasteiger partial charge in [-0.1, -0.05) is 362 Å². The van der Waals surface area contributed by atoms with E-state index < -0.39 is 6.10 Å². The van der Waals surface area contributed by atoms with Gasteiger partial charge in [0.2, 0.25) is 0 Å². The van der Waals surface area contributed by atoms with Crippen molar-refractivity contribution in [3.05, 3.63) is 194 Å². The monoisotopic (exact) mass is 1270 g/mol. The lowest BCUT2D eigenvalue weighted by molar-refractivity contribution is -0.161. The number of carbonyl (C=O) groups excluding carboxylic acids is 2. The molecule has 0 rings (SSSR count). The quantitative estimate of drug-likeness (QED) is 0.0373. The van der Waals surface area contributed by atoms with Crippen LogP contribution in [-0.4, -0.2) is 36.4 Å². The standard InChI is InChI=1S/C87H140O5/c1-3-5-7-9-11-13-15-17-19-21-23-25-27-29-31-33-35-37-39-41-42-43-44-46-48-50-52-54-56-58-60-62-64-66-68-70-72-74-76-78-80-82-87(90)92-85(83-88)84-91-86(89)81-79-77-75-73-71-69-67-65-63-61-59-57-55-53-51-49-47-45-40-38-36-34-32-30-28-26-24-22-20-18-16-14-12-10-8-6-4-2/h5-8,11-14,17-20,23-26,29-32,35-38,41-42,44-47,51,53,85,88H,3-4,9-10,15-16,21-22,27-28,33-34,39-40,43,48-50,52,54-84H2,1-2H3/b7-5-,8-6-,13-11-,14-12-,19-17-,20-18-,25-23-,26-24-,31-29-,32-30-,37-35-,38-36-,42-41-,46-44-,47-45-,53-51-. The summed E-state index contributed by atoms with van der Waals surface area (Å²) >= 11 is 0. The van der Waals surface area contributed by atoms with Gasteiger partial charge in [-0.2, -0.15) is 0 Å². The van der Waals surface area contributed by atoms with E-state index in [0.29, 0.717) is 12.8 Å². The SMILES string of the molecule is CC/C=C\C/C=C\C/C=C\C/C=C\C/C=C\C/C=C\C/C=C\C/C=C\CCCCCCCCCCCCCCCCCCC(=O)OC(CO)COC(=O)CCCCCCCCCCCCCC/C=C\C/C=C\C/C=C\C/C=C\C/C=C\C/C=C\C/C=C\C/C=C\CC. The van der Waals surface area contributed by atoms with Crippen molar-refractivity contribution in [3.8, 4) is 0 Å². The molecule has 1 N–H and O–H groups in total. The van der Waals surface area contributed by atoms with Gasteiger partial charge in [0.05, 0.1) is 6.61 Å². The predicted molar refractivity (Wildman–Crippen MR) is 407 cm³/mol. The molecule has 0 spiro atoms. The van der Waals surface area contributed by atoms with E-state index in [1.165, 1.54) is 154 Å². The molecule has 1 atom stereocenters. The molecule has 0 fully saturated rings. The summed E-state index contributed by atoms with van der Waals surface area (Å²) in [4.78, 5) is 24.7. The molecule has 0 aliphatic carbocycles. The maximum atomic E-state index is 12.4. The Bertz CT molecular complexity index is 2070. The molecule has 0 radical (unpaired) electrons. The largest absolute Gasteiger partial charge is 0.462 e. The van der Waals surface area contributed by atoms with Crippen LogP contribution in [0.5, 0.6) is 0 Å². The van der Waals surface area contributed by atoms with E-state index >= 15 is 0 Å². The Morgan fingerprint density at radius 3 is 0.652 bits per heavy atom. The van der Waals surface area contributed by atoms with Crippen LogP contribution in [-0.2, 0) is 19.1 Å². The molecule has 0 aliphatic rings. The lowest BCUT2D eigenvalue weighted by Gasteiger charge is -2.15. The number of hydrogen-bond donors (Lipinski definition) is 1. The highest BCUT2D eigenvalue weighted by molar-refractivity contribution is 5.70. The maximum Gasteiger partial charge on any atom is 0.306 e. The van der Waals surface area contributed by atoms with Gasteiger partial charge >= 0.3 is 11.9 Å². The van der Waals surface area contributed by atoms with Crippen LogP contribution in [0.15, 0.2) is 194 Å². The summed E-state index contributed by atoms with van der Waals surface area (Å²) < 4.78 is 10.8. The van der Waals surface area contributed by atoms with Crippen LogP contribution in [0.25, 0.3) is 0 Å². The van der Waals surface area contributed by atoms with Crippen molar-refractivity contribution in [2.45, 2.75) is 328 Å².